The van der Waals surface area contributed by atoms with Gasteiger partial charge in [0.15, 0.2) is 0 Å². The zero-order chi connectivity index (χ0) is 14.8. The SMILES string of the molecule is CC(C)N(C)C(=O)CN1CCCC(C)(C)C1C(=O)O. The minimum absolute atomic E-state index is 0.0149. The fourth-order valence-electron chi connectivity index (χ4n) is 2.73. The molecule has 0 aromatic rings. The van der Waals surface area contributed by atoms with Crippen LogP contribution in [0.2, 0.25) is 0 Å². The Balaban J connectivity index is 2.80. The van der Waals surface area contributed by atoms with Gasteiger partial charge in [0, 0.05) is 13.1 Å². The van der Waals surface area contributed by atoms with Gasteiger partial charge in [0.25, 0.3) is 0 Å². The second kappa shape index (κ2) is 5.90. The molecule has 1 heterocycles. The van der Waals surface area contributed by atoms with Gasteiger partial charge in [0.05, 0.1) is 6.54 Å². The van der Waals surface area contributed by atoms with Gasteiger partial charge in [-0.1, -0.05) is 13.8 Å². The van der Waals surface area contributed by atoms with E-state index < -0.39 is 12.0 Å². The Morgan fingerprint density at radius 1 is 1.42 bits per heavy atom. The number of piperidine rings is 1. The Bertz CT molecular complexity index is 353. The highest BCUT2D eigenvalue weighted by molar-refractivity contribution is 5.80. The second-order valence-corrected chi connectivity index (χ2v) is 6.40. The van der Waals surface area contributed by atoms with Crippen LogP contribution in [0.5, 0.6) is 0 Å². The first kappa shape index (κ1) is 16.0. The fourth-order valence-corrected chi connectivity index (χ4v) is 2.73. The third-order valence-corrected chi connectivity index (χ3v) is 4.11. The minimum atomic E-state index is -0.829. The normalized spacial score (nSPS) is 23.4. The molecule has 1 rings (SSSR count). The molecule has 1 saturated heterocycles. The van der Waals surface area contributed by atoms with Crippen LogP contribution in [0.15, 0.2) is 0 Å². The summed E-state index contributed by atoms with van der Waals surface area (Å²) in [5, 5.41) is 9.44. The lowest BCUT2D eigenvalue weighted by atomic mass is 9.76. The first-order valence-corrected chi connectivity index (χ1v) is 6.89. The molecule has 1 aliphatic heterocycles. The van der Waals surface area contributed by atoms with Crippen LogP contribution in [-0.2, 0) is 9.59 Å². The summed E-state index contributed by atoms with van der Waals surface area (Å²) in [7, 11) is 1.76. The van der Waals surface area contributed by atoms with Crippen LogP contribution in [0.4, 0.5) is 0 Å². The van der Waals surface area contributed by atoms with Crippen molar-refractivity contribution < 1.29 is 14.7 Å². The van der Waals surface area contributed by atoms with Gasteiger partial charge in [-0.2, -0.15) is 0 Å². The van der Waals surface area contributed by atoms with Crippen molar-refractivity contribution in [3.63, 3.8) is 0 Å². The van der Waals surface area contributed by atoms with Crippen molar-refractivity contribution in [3.8, 4) is 0 Å². The maximum absolute atomic E-state index is 12.1. The Morgan fingerprint density at radius 2 is 2.00 bits per heavy atom. The third-order valence-electron chi connectivity index (χ3n) is 4.11. The first-order chi connectivity index (χ1) is 8.66. The molecule has 1 fully saturated rings. The second-order valence-electron chi connectivity index (χ2n) is 6.40. The zero-order valence-electron chi connectivity index (χ0n) is 12.6. The quantitative estimate of drug-likeness (QED) is 0.839. The van der Waals surface area contributed by atoms with Crippen LogP contribution in [-0.4, -0.2) is 59.0 Å². The number of likely N-dealkylation sites (N-methyl/N-ethyl adjacent to an activating group) is 1. The molecule has 0 radical (unpaired) electrons. The molecule has 5 nitrogen and oxygen atoms in total. The molecule has 1 aliphatic rings. The number of likely N-dealkylation sites (tertiary alicyclic amines) is 1. The van der Waals surface area contributed by atoms with Gasteiger partial charge in [-0.05, 0) is 38.6 Å². The van der Waals surface area contributed by atoms with E-state index in [4.69, 9.17) is 0 Å². The van der Waals surface area contributed by atoms with Crippen LogP contribution in [0.1, 0.15) is 40.5 Å². The highest BCUT2D eigenvalue weighted by Gasteiger charge is 2.43. The summed E-state index contributed by atoms with van der Waals surface area (Å²) in [6.45, 7) is 8.70. The summed E-state index contributed by atoms with van der Waals surface area (Å²) in [5.41, 5.74) is -0.291. The highest BCUT2D eigenvalue weighted by atomic mass is 16.4. The number of hydrogen-bond donors (Lipinski definition) is 1. The standard InChI is InChI=1S/C14H26N2O3/c1-10(2)15(5)11(17)9-16-8-6-7-14(3,4)12(16)13(18)19/h10,12H,6-9H2,1-5H3,(H,18,19). The molecular weight excluding hydrogens is 244 g/mol. The number of rotatable bonds is 4. The van der Waals surface area contributed by atoms with Crippen LogP contribution in [0.25, 0.3) is 0 Å². The fraction of sp³-hybridized carbons (Fsp3) is 0.857. The lowest BCUT2D eigenvalue weighted by Gasteiger charge is -2.44. The predicted octanol–water partition coefficient (Wildman–Crippen LogP) is 1.43. The Hall–Kier alpha value is -1.10. The van der Waals surface area contributed by atoms with E-state index in [9.17, 15) is 14.7 Å². The number of hydrogen-bond acceptors (Lipinski definition) is 3. The molecule has 1 atom stereocenters. The average Bonchev–Trinajstić information content (AvgIpc) is 2.25. The molecule has 0 aliphatic carbocycles. The van der Waals surface area contributed by atoms with E-state index in [-0.39, 0.29) is 23.9 Å². The van der Waals surface area contributed by atoms with Crippen LogP contribution in [0, 0.1) is 5.41 Å². The third kappa shape index (κ3) is 3.69. The summed E-state index contributed by atoms with van der Waals surface area (Å²) < 4.78 is 0. The predicted molar refractivity (Wildman–Crippen MR) is 73.9 cm³/mol. The van der Waals surface area contributed by atoms with Gasteiger partial charge in [0.2, 0.25) is 5.91 Å². The minimum Gasteiger partial charge on any atom is -0.480 e. The smallest absolute Gasteiger partial charge is 0.321 e. The van der Waals surface area contributed by atoms with E-state index in [0.29, 0.717) is 6.54 Å². The maximum atomic E-state index is 12.1. The van der Waals surface area contributed by atoms with Gasteiger partial charge in [-0.25, -0.2) is 0 Å². The molecule has 1 amide bonds. The van der Waals surface area contributed by atoms with Crippen molar-refractivity contribution in [1.29, 1.82) is 0 Å². The largest absolute Gasteiger partial charge is 0.480 e. The molecule has 0 bridgehead atoms. The van der Waals surface area contributed by atoms with Crippen molar-refractivity contribution in [2.24, 2.45) is 5.41 Å². The van der Waals surface area contributed by atoms with E-state index in [0.717, 1.165) is 12.8 Å². The molecule has 1 unspecified atom stereocenters. The van der Waals surface area contributed by atoms with E-state index >= 15 is 0 Å². The summed E-state index contributed by atoms with van der Waals surface area (Å²) >= 11 is 0. The summed E-state index contributed by atoms with van der Waals surface area (Å²) in [5.74, 6) is -0.844. The Kier molecular flexibility index (Phi) is 4.96. The lowest BCUT2D eigenvalue weighted by Crippen LogP contribution is -2.56. The zero-order valence-corrected chi connectivity index (χ0v) is 12.6. The van der Waals surface area contributed by atoms with Gasteiger partial charge in [-0.3, -0.25) is 14.5 Å². The molecule has 0 spiro atoms. The molecule has 0 saturated carbocycles. The molecule has 19 heavy (non-hydrogen) atoms. The molecule has 5 heteroatoms. The van der Waals surface area contributed by atoms with Crippen molar-refractivity contribution in [2.45, 2.75) is 52.6 Å². The molecule has 110 valence electrons. The Labute approximate surface area is 115 Å². The summed E-state index contributed by atoms with van der Waals surface area (Å²) in [4.78, 5) is 27.1. The lowest BCUT2D eigenvalue weighted by molar-refractivity contribution is -0.152. The molecular formula is C14H26N2O3. The number of amides is 1. The van der Waals surface area contributed by atoms with Crippen molar-refractivity contribution in [2.75, 3.05) is 20.1 Å². The maximum Gasteiger partial charge on any atom is 0.321 e. The van der Waals surface area contributed by atoms with E-state index in [2.05, 4.69) is 0 Å². The number of carboxylic acids is 1. The van der Waals surface area contributed by atoms with Crippen LogP contribution < -0.4 is 0 Å². The average molecular weight is 270 g/mol. The number of carbonyl (C=O) groups is 2. The van der Waals surface area contributed by atoms with E-state index in [1.165, 1.54) is 0 Å². The number of carbonyl (C=O) groups excluding carboxylic acids is 1. The monoisotopic (exact) mass is 270 g/mol. The van der Waals surface area contributed by atoms with Crippen molar-refractivity contribution in [3.05, 3.63) is 0 Å². The number of aliphatic carboxylic acids is 1. The summed E-state index contributed by atoms with van der Waals surface area (Å²) in [6.07, 6.45) is 1.82. The van der Waals surface area contributed by atoms with Gasteiger partial charge < -0.3 is 10.0 Å². The van der Waals surface area contributed by atoms with E-state index in [1.807, 2.05) is 32.6 Å². The van der Waals surface area contributed by atoms with Gasteiger partial charge in [0.1, 0.15) is 6.04 Å². The number of nitrogens with zero attached hydrogens (tertiary/aromatic N) is 2. The van der Waals surface area contributed by atoms with Gasteiger partial charge >= 0.3 is 5.97 Å². The van der Waals surface area contributed by atoms with Crippen LogP contribution >= 0.6 is 0 Å². The van der Waals surface area contributed by atoms with Crippen molar-refractivity contribution >= 4 is 11.9 Å². The van der Waals surface area contributed by atoms with E-state index in [1.54, 1.807) is 11.9 Å². The van der Waals surface area contributed by atoms with Crippen molar-refractivity contribution in [1.82, 2.24) is 9.80 Å². The first-order valence-electron chi connectivity index (χ1n) is 6.89. The topological polar surface area (TPSA) is 60.9 Å². The highest BCUT2D eigenvalue weighted by Crippen LogP contribution is 2.35. The van der Waals surface area contributed by atoms with Gasteiger partial charge in [-0.15, -0.1) is 0 Å². The van der Waals surface area contributed by atoms with Crippen LogP contribution in [0.3, 0.4) is 0 Å². The molecule has 1 N–H and O–H groups in total. The molecule has 0 aromatic heterocycles. The summed E-state index contributed by atoms with van der Waals surface area (Å²) in [6, 6.07) is -0.445. The number of carboxylic acid groups (broad SMARTS) is 1. The Morgan fingerprint density at radius 3 is 2.47 bits per heavy atom. The molecule has 0 aromatic carbocycles.